The molecule has 1 heterocycles. The van der Waals surface area contributed by atoms with Crippen LogP contribution in [0.4, 0.5) is 4.39 Å². The molecule has 1 saturated heterocycles. The molecule has 24 heavy (non-hydrogen) atoms. The van der Waals surface area contributed by atoms with Gasteiger partial charge in [-0.2, -0.15) is 0 Å². The maximum Gasteiger partial charge on any atom is 0.254 e. The number of nitrogens with zero attached hydrogens (tertiary/aromatic N) is 1. The first-order valence-corrected chi connectivity index (χ1v) is 8.13. The fourth-order valence-electron chi connectivity index (χ4n) is 2.80. The Balaban J connectivity index is 1.64. The second-order valence-electron chi connectivity index (χ2n) is 5.82. The number of nitrogens with one attached hydrogen (secondary N) is 1. The fourth-order valence-corrected chi connectivity index (χ4v) is 2.80. The van der Waals surface area contributed by atoms with Gasteiger partial charge in [0.05, 0.1) is 18.8 Å². The van der Waals surface area contributed by atoms with Gasteiger partial charge in [-0.25, -0.2) is 4.39 Å². The van der Waals surface area contributed by atoms with E-state index in [1.54, 1.807) is 12.1 Å². The number of ether oxygens (including phenoxy) is 1. The van der Waals surface area contributed by atoms with Crippen LogP contribution >= 0.6 is 0 Å². The summed E-state index contributed by atoms with van der Waals surface area (Å²) in [5, 5.41) is 2.81. The van der Waals surface area contributed by atoms with Crippen molar-refractivity contribution in [3.05, 3.63) is 71.0 Å². The predicted octanol–water partition coefficient (Wildman–Crippen LogP) is 2.59. The summed E-state index contributed by atoms with van der Waals surface area (Å²) in [6.07, 6.45) is 0. The molecule has 0 bridgehead atoms. The lowest BCUT2D eigenvalue weighted by molar-refractivity contribution is 0.0340. The van der Waals surface area contributed by atoms with Crippen LogP contribution in [0.25, 0.3) is 0 Å². The maximum atomic E-state index is 13.7. The molecular formula is C19H21FN2O2. The third-order valence-corrected chi connectivity index (χ3v) is 4.17. The van der Waals surface area contributed by atoms with Gasteiger partial charge in [-0.05, 0) is 23.3 Å². The van der Waals surface area contributed by atoms with Gasteiger partial charge in [0.2, 0.25) is 0 Å². The molecule has 1 fully saturated rings. The van der Waals surface area contributed by atoms with Gasteiger partial charge >= 0.3 is 0 Å². The molecule has 0 atom stereocenters. The van der Waals surface area contributed by atoms with Crippen molar-refractivity contribution in [2.45, 2.75) is 13.1 Å². The smallest absolute Gasteiger partial charge is 0.254 e. The second-order valence-corrected chi connectivity index (χ2v) is 5.82. The van der Waals surface area contributed by atoms with E-state index in [1.807, 2.05) is 18.2 Å². The Hall–Kier alpha value is -2.24. The SMILES string of the molecule is O=C(NCc1ccccc1CN1CCOCC1)c1ccccc1F. The van der Waals surface area contributed by atoms with E-state index in [-0.39, 0.29) is 5.56 Å². The van der Waals surface area contributed by atoms with Gasteiger partial charge in [0.1, 0.15) is 5.82 Å². The number of halogens is 1. The van der Waals surface area contributed by atoms with Crippen molar-refractivity contribution in [2.75, 3.05) is 26.3 Å². The van der Waals surface area contributed by atoms with E-state index >= 15 is 0 Å². The van der Waals surface area contributed by atoms with E-state index < -0.39 is 11.7 Å². The van der Waals surface area contributed by atoms with Crippen molar-refractivity contribution in [2.24, 2.45) is 0 Å². The molecule has 0 radical (unpaired) electrons. The molecule has 0 spiro atoms. The zero-order chi connectivity index (χ0) is 16.8. The Kier molecular flexibility index (Phi) is 5.56. The van der Waals surface area contributed by atoms with Crippen LogP contribution in [0.2, 0.25) is 0 Å². The Bertz CT molecular complexity index is 699. The molecule has 0 unspecified atom stereocenters. The van der Waals surface area contributed by atoms with Gasteiger partial charge in [0, 0.05) is 26.2 Å². The first kappa shape index (κ1) is 16.6. The third-order valence-electron chi connectivity index (χ3n) is 4.17. The highest BCUT2D eigenvalue weighted by molar-refractivity contribution is 5.94. The predicted molar refractivity (Wildman–Crippen MR) is 90.1 cm³/mol. The Morgan fingerprint density at radius 2 is 1.71 bits per heavy atom. The Labute approximate surface area is 141 Å². The molecular weight excluding hydrogens is 307 g/mol. The van der Waals surface area contributed by atoms with E-state index in [2.05, 4.69) is 16.3 Å². The van der Waals surface area contributed by atoms with Gasteiger partial charge in [-0.1, -0.05) is 36.4 Å². The van der Waals surface area contributed by atoms with Crippen molar-refractivity contribution >= 4 is 5.91 Å². The summed E-state index contributed by atoms with van der Waals surface area (Å²) < 4.78 is 19.0. The van der Waals surface area contributed by atoms with E-state index in [0.29, 0.717) is 6.54 Å². The van der Waals surface area contributed by atoms with Crippen LogP contribution < -0.4 is 5.32 Å². The molecule has 0 aliphatic carbocycles. The van der Waals surface area contributed by atoms with Crippen LogP contribution in [0.15, 0.2) is 48.5 Å². The van der Waals surface area contributed by atoms with Gasteiger partial charge in [-0.15, -0.1) is 0 Å². The minimum absolute atomic E-state index is 0.0724. The van der Waals surface area contributed by atoms with E-state index in [1.165, 1.54) is 17.7 Å². The van der Waals surface area contributed by atoms with Crippen LogP contribution in [0.5, 0.6) is 0 Å². The topological polar surface area (TPSA) is 41.6 Å². The highest BCUT2D eigenvalue weighted by Crippen LogP contribution is 2.13. The lowest BCUT2D eigenvalue weighted by Crippen LogP contribution is -2.36. The Morgan fingerprint density at radius 3 is 2.46 bits per heavy atom. The fraction of sp³-hybridized carbons (Fsp3) is 0.316. The minimum atomic E-state index is -0.503. The number of rotatable bonds is 5. The summed E-state index contributed by atoms with van der Waals surface area (Å²) in [4.78, 5) is 14.5. The molecule has 5 heteroatoms. The standard InChI is InChI=1S/C19H21FN2O2/c20-18-8-4-3-7-17(18)19(23)21-13-15-5-1-2-6-16(15)14-22-9-11-24-12-10-22/h1-8H,9-14H2,(H,21,23). The lowest BCUT2D eigenvalue weighted by Gasteiger charge is -2.27. The number of carbonyl (C=O) groups is 1. The second kappa shape index (κ2) is 8.04. The zero-order valence-electron chi connectivity index (χ0n) is 13.5. The Morgan fingerprint density at radius 1 is 1.04 bits per heavy atom. The number of benzene rings is 2. The normalized spacial score (nSPS) is 15.2. The highest BCUT2D eigenvalue weighted by Gasteiger charge is 2.14. The first-order chi connectivity index (χ1) is 11.7. The number of morpholine rings is 1. The zero-order valence-corrected chi connectivity index (χ0v) is 13.5. The monoisotopic (exact) mass is 328 g/mol. The largest absolute Gasteiger partial charge is 0.379 e. The summed E-state index contributed by atoms with van der Waals surface area (Å²) in [5.74, 6) is -0.897. The van der Waals surface area contributed by atoms with Crippen molar-refractivity contribution in [1.82, 2.24) is 10.2 Å². The molecule has 1 aliphatic heterocycles. The molecule has 4 nitrogen and oxygen atoms in total. The van der Waals surface area contributed by atoms with Crippen molar-refractivity contribution < 1.29 is 13.9 Å². The minimum Gasteiger partial charge on any atom is -0.379 e. The summed E-state index contributed by atoms with van der Waals surface area (Å²) in [7, 11) is 0. The molecule has 1 aliphatic rings. The molecule has 1 amide bonds. The van der Waals surface area contributed by atoms with Crippen molar-refractivity contribution in [1.29, 1.82) is 0 Å². The van der Waals surface area contributed by atoms with Gasteiger partial charge in [-0.3, -0.25) is 9.69 Å². The van der Waals surface area contributed by atoms with Crippen LogP contribution in [0, 0.1) is 5.82 Å². The third kappa shape index (κ3) is 4.19. The van der Waals surface area contributed by atoms with E-state index in [9.17, 15) is 9.18 Å². The van der Waals surface area contributed by atoms with Crippen LogP contribution in [0.3, 0.4) is 0 Å². The summed E-state index contributed by atoms with van der Waals surface area (Å²) >= 11 is 0. The van der Waals surface area contributed by atoms with Crippen LogP contribution in [0.1, 0.15) is 21.5 Å². The average Bonchev–Trinajstić information content (AvgIpc) is 2.62. The first-order valence-electron chi connectivity index (χ1n) is 8.13. The quantitative estimate of drug-likeness (QED) is 0.917. The highest BCUT2D eigenvalue weighted by atomic mass is 19.1. The molecule has 0 saturated carbocycles. The lowest BCUT2D eigenvalue weighted by atomic mass is 10.1. The molecule has 126 valence electrons. The van der Waals surface area contributed by atoms with Gasteiger partial charge in [0.25, 0.3) is 5.91 Å². The van der Waals surface area contributed by atoms with E-state index in [0.717, 1.165) is 38.4 Å². The summed E-state index contributed by atoms with van der Waals surface area (Å²) in [6, 6.07) is 14.0. The van der Waals surface area contributed by atoms with Crippen LogP contribution in [-0.2, 0) is 17.8 Å². The molecule has 2 aromatic rings. The van der Waals surface area contributed by atoms with Gasteiger partial charge in [0.15, 0.2) is 0 Å². The molecule has 3 rings (SSSR count). The molecule has 1 N–H and O–H groups in total. The average molecular weight is 328 g/mol. The van der Waals surface area contributed by atoms with Crippen molar-refractivity contribution in [3.8, 4) is 0 Å². The number of hydrogen-bond donors (Lipinski definition) is 1. The van der Waals surface area contributed by atoms with Gasteiger partial charge < -0.3 is 10.1 Å². The van der Waals surface area contributed by atoms with Crippen LogP contribution in [-0.4, -0.2) is 37.1 Å². The number of hydrogen-bond acceptors (Lipinski definition) is 3. The molecule has 2 aromatic carbocycles. The maximum absolute atomic E-state index is 13.7. The van der Waals surface area contributed by atoms with Crippen molar-refractivity contribution in [3.63, 3.8) is 0 Å². The van der Waals surface area contributed by atoms with E-state index in [4.69, 9.17) is 4.74 Å². The number of carbonyl (C=O) groups excluding carboxylic acids is 1. The summed E-state index contributed by atoms with van der Waals surface area (Å²) in [6.45, 7) is 4.55. The molecule has 0 aromatic heterocycles. The summed E-state index contributed by atoms with van der Waals surface area (Å²) in [5.41, 5.74) is 2.30. The number of amides is 1.